The van der Waals surface area contributed by atoms with Crippen molar-refractivity contribution in [3.8, 4) is 0 Å². The first kappa shape index (κ1) is 52.8. The summed E-state index contributed by atoms with van der Waals surface area (Å²) in [6.07, 6.45) is 43.0. The number of amides is 1. The molecular weight excluding hydrogens is 701 g/mol. The van der Waals surface area contributed by atoms with E-state index in [9.17, 15) is 24.2 Å². The smallest absolute Gasteiger partial charge is 0.463 e. The number of phosphoric acid groups is 1. The van der Waals surface area contributed by atoms with Crippen LogP contribution in [-0.2, 0) is 27.9 Å². The molecule has 0 spiro atoms. The van der Waals surface area contributed by atoms with Gasteiger partial charge in [-0.05, 0) is 32.1 Å². The SMILES string of the molecule is CCCC/C=C\CCCCCCCC(=O)OCC(O)COP(=O)(O)OCCNC(=O)CCCCCCCCCCCCCCCCCCCCCCCC. The molecule has 0 aliphatic carbocycles. The quantitative estimate of drug-likeness (QED) is 0.0241. The molecule has 10 heteroatoms. The van der Waals surface area contributed by atoms with Gasteiger partial charge in [-0.3, -0.25) is 18.6 Å². The van der Waals surface area contributed by atoms with Crippen LogP contribution in [0.2, 0.25) is 0 Å². The Morgan fingerprint density at radius 1 is 0.556 bits per heavy atom. The van der Waals surface area contributed by atoms with Gasteiger partial charge in [0.25, 0.3) is 0 Å². The molecule has 2 atom stereocenters. The molecule has 0 aromatic heterocycles. The number of aliphatic hydroxyl groups is 1. The monoisotopic (exact) mass is 788 g/mol. The zero-order chi connectivity index (χ0) is 39.6. The Balaban J connectivity index is 3.51. The molecular formula is C44H86NO8P. The Bertz CT molecular complexity index is 902. The van der Waals surface area contributed by atoms with Gasteiger partial charge in [0.2, 0.25) is 5.91 Å². The lowest BCUT2D eigenvalue weighted by molar-refractivity contribution is -0.147. The number of allylic oxidation sites excluding steroid dienone is 2. The van der Waals surface area contributed by atoms with E-state index in [2.05, 4.69) is 31.3 Å². The van der Waals surface area contributed by atoms with Crippen LogP contribution in [0, 0.1) is 0 Å². The second-order valence-corrected chi connectivity index (χ2v) is 16.8. The maximum absolute atomic E-state index is 12.1. The minimum Gasteiger partial charge on any atom is -0.463 e. The minimum absolute atomic E-state index is 0.0856. The number of hydrogen-bond acceptors (Lipinski definition) is 7. The summed E-state index contributed by atoms with van der Waals surface area (Å²) < 4.78 is 26.8. The normalized spacial score (nSPS) is 13.3. The molecule has 0 aliphatic rings. The average molecular weight is 788 g/mol. The standard InChI is InChI=1S/C44H86NO8P/c1-3-5-7-9-11-13-15-16-17-18-19-20-21-22-23-24-25-27-28-30-32-34-36-43(47)45-38-39-52-54(49,50)53-41-42(46)40-51-44(48)37-35-33-31-29-26-14-12-10-8-6-4-2/h10,12,42,46H,3-9,11,13-41H2,1-2H3,(H,45,47)(H,49,50)/b12-10-. The summed E-state index contributed by atoms with van der Waals surface area (Å²) in [6, 6.07) is 0. The maximum atomic E-state index is 12.1. The van der Waals surface area contributed by atoms with Crippen LogP contribution in [0.3, 0.4) is 0 Å². The molecule has 1 amide bonds. The van der Waals surface area contributed by atoms with Crippen LogP contribution in [0.5, 0.6) is 0 Å². The van der Waals surface area contributed by atoms with Gasteiger partial charge in [-0.2, -0.15) is 0 Å². The van der Waals surface area contributed by atoms with Gasteiger partial charge in [-0.25, -0.2) is 4.57 Å². The third-order valence-electron chi connectivity index (χ3n) is 9.95. The van der Waals surface area contributed by atoms with Crippen LogP contribution in [0.4, 0.5) is 0 Å². The highest BCUT2D eigenvalue weighted by atomic mass is 31.2. The summed E-state index contributed by atoms with van der Waals surface area (Å²) in [5.41, 5.74) is 0. The molecule has 0 saturated carbocycles. The van der Waals surface area contributed by atoms with Crippen molar-refractivity contribution in [1.82, 2.24) is 5.32 Å². The molecule has 0 bridgehead atoms. The van der Waals surface area contributed by atoms with E-state index < -0.39 is 26.5 Å². The zero-order valence-electron chi connectivity index (χ0n) is 35.2. The summed E-state index contributed by atoms with van der Waals surface area (Å²) in [5.74, 6) is -0.517. The van der Waals surface area contributed by atoms with Gasteiger partial charge in [0.1, 0.15) is 12.7 Å². The third kappa shape index (κ3) is 41.9. The van der Waals surface area contributed by atoms with Crippen LogP contribution in [0.1, 0.15) is 226 Å². The van der Waals surface area contributed by atoms with Gasteiger partial charge in [0.15, 0.2) is 0 Å². The van der Waals surface area contributed by atoms with Gasteiger partial charge < -0.3 is 20.1 Å². The van der Waals surface area contributed by atoms with E-state index in [-0.39, 0.29) is 32.1 Å². The molecule has 0 heterocycles. The van der Waals surface area contributed by atoms with E-state index in [1.165, 1.54) is 135 Å². The highest BCUT2D eigenvalue weighted by Crippen LogP contribution is 2.42. The van der Waals surface area contributed by atoms with Crippen molar-refractivity contribution in [2.75, 3.05) is 26.4 Å². The summed E-state index contributed by atoms with van der Waals surface area (Å²) in [5, 5.41) is 12.7. The van der Waals surface area contributed by atoms with Crippen LogP contribution in [0.15, 0.2) is 12.2 Å². The molecule has 0 aromatic carbocycles. The molecule has 3 N–H and O–H groups in total. The van der Waals surface area contributed by atoms with E-state index in [4.69, 9.17) is 13.8 Å². The summed E-state index contributed by atoms with van der Waals surface area (Å²) in [4.78, 5) is 33.9. The van der Waals surface area contributed by atoms with Crippen LogP contribution in [-0.4, -0.2) is 54.3 Å². The predicted molar refractivity (Wildman–Crippen MR) is 225 cm³/mol. The van der Waals surface area contributed by atoms with E-state index >= 15 is 0 Å². The molecule has 0 aliphatic heterocycles. The summed E-state index contributed by atoms with van der Waals surface area (Å²) >= 11 is 0. The number of phosphoric ester groups is 1. The van der Waals surface area contributed by atoms with Crippen molar-refractivity contribution >= 4 is 19.7 Å². The molecule has 0 fully saturated rings. The van der Waals surface area contributed by atoms with Gasteiger partial charge in [0.05, 0.1) is 13.2 Å². The number of rotatable bonds is 43. The molecule has 0 saturated heterocycles. The van der Waals surface area contributed by atoms with Gasteiger partial charge in [0, 0.05) is 19.4 Å². The first-order chi connectivity index (χ1) is 26.3. The van der Waals surface area contributed by atoms with E-state index in [1.54, 1.807) is 0 Å². The molecule has 9 nitrogen and oxygen atoms in total. The first-order valence-electron chi connectivity index (χ1n) is 22.7. The zero-order valence-corrected chi connectivity index (χ0v) is 36.1. The number of nitrogens with one attached hydrogen (secondary N) is 1. The second kappa shape index (κ2) is 41.4. The van der Waals surface area contributed by atoms with Gasteiger partial charge in [-0.15, -0.1) is 0 Å². The van der Waals surface area contributed by atoms with E-state index in [1.807, 2.05) is 0 Å². The topological polar surface area (TPSA) is 131 Å². The largest absolute Gasteiger partial charge is 0.472 e. The Labute approximate surface area is 332 Å². The number of ether oxygens (including phenoxy) is 1. The van der Waals surface area contributed by atoms with Crippen LogP contribution >= 0.6 is 7.82 Å². The lowest BCUT2D eigenvalue weighted by Crippen LogP contribution is -2.27. The Hall–Kier alpha value is -1.25. The van der Waals surface area contributed by atoms with E-state index in [0.717, 1.165) is 64.2 Å². The predicted octanol–water partition coefficient (Wildman–Crippen LogP) is 12.6. The second-order valence-electron chi connectivity index (χ2n) is 15.4. The molecule has 0 radical (unpaired) electrons. The fraction of sp³-hybridized carbons (Fsp3) is 0.909. The fourth-order valence-corrected chi connectivity index (χ4v) is 7.24. The lowest BCUT2D eigenvalue weighted by Gasteiger charge is -2.15. The van der Waals surface area contributed by atoms with Crippen LogP contribution < -0.4 is 5.32 Å². The van der Waals surface area contributed by atoms with Crippen molar-refractivity contribution < 1.29 is 37.9 Å². The summed E-state index contributed by atoms with van der Waals surface area (Å²) in [7, 11) is -4.41. The highest BCUT2D eigenvalue weighted by molar-refractivity contribution is 7.47. The minimum atomic E-state index is -4.41. The molecule has 0 aromatic rings. The number of hydrogen-bond donors (Lipinski definition) is 3. The maximum Gasteiger partial charge on any atom is 0.472 e. The van der Waals surface area contributed by atoms with Crippen molar-refractivity contribution in [3.63, 3.8) is 0 Å². The van der Waals surface area contributed by atoms with E-state index in [0.29, 0.717) is 6.42 Å². The number of esters is 1. The first-order valence-corrected chi connectivity index (χ1v) is 24.2. The van der Waals surface area contributed by atoms with Crippen molar-refractivity contribution in [2.45, 2.75) is 232 Å². The number of carbonyl (C=O) groups excluding carboxylic acids is 2. The number of carbonyl (C=O) groups is 2. The van der Waals surface area contributed by atoms with Crippen LogP contribution in [0.25, 0.3) is 0 Å². The van der Waals surface area contributed by atoms with Gasteiger partial charge in [-0.1, -0.05) is 193 Å². The van der Waals surface area contributed by atoms with Gasteiger partial charge >= 0.3 is 13.8 Å². The molecule has 0 rings (SSSR count). The Morgan fingerprint density at radius 3 is 1.44 bits per heavy atom. The summed E-state index contributed by atoms with van der Waals surface area (Å²) in [6.45, 7) is 3.53. The molecule has 320 valence electrons. The molecule has 54 heavy (non-hydrogen) atoms. The fourth-order valence-electron chi connectivity index (χ4n) is 6.48. The molecule has 2 unspecified atom stereocenters. The Morgan fingerprint density at radius 2 is 0.963 bits per heavy atom. The Kier molecular flexibility index (Phi) is 40.4. The lowest BCUT2D eigenvalue weighted by atomic mass is 10.0. The van der Waals surface area contributed by atoms with Crippen molar-refractivity contribution in [1.29, 1.82) is 0 Å². The third-order valence-corrected chi connectivity index (χ3v) is 10.9. The number of aliphatic hydroxyl groups excluding tert-OH is 1. The van der Waals surface area contributed by atoms with Crippen molar-refractivity contribution in [2.24, 2.45) is 0 Å². The number of unbranched alkanes of at least 4 members (excludes halogenated alkanes) is 28. The highest BCUT2D eigenvalue weighted by Gasteiger charge is 2.23. The van der Waals surface area contributed by atoms with Crippen molar-refractivity contribution in [3.05, 3.63) is 12.2 Å². The average Bonchev–Trinajstić information content (AvgIpc) is 3.16.